The summed E-state index contributed by atoms with van der Waals surface area (Å²) in [6.45, 7) is 1.58. The lowest BCUT2D eigenvalue weighted by Gasteiger charge is -2.32. The van der Waals surface area contributed by atoms with Crippen molar-refractivity contribution in [2.75, 3.05) is 27.2 Å². The molecule has 4 aliphatic heterocycles. The van der Waals surface area contributed by atoms with Crippen LogP contribution in [0.15, 0.2) is 97.3 Å². The molecule has 0 spiro atoms. The quantitative estimate of drug-likeness (QED) is 0.105. The number of ether oxygens (including phenoxy) is 2. The molecule has 0 radical (unpaired) electrons. The van der Waals surface area contributed by atoms with Gasteiger partial charge in [0.25, 0.3) is 11.8 Å². The number of likely N-dealkylation sites (N-methyl/N-ethyl adjacent to an activating group) is 2. The Morgan fingerprint density at radius 3 is 1.44 bits per heavy atom. The number of benzene rings is 4. The minimum atomic E-state index is -1.19. The molecule has 6 aromatic rings. The first-order valence-corrected chi connectivity index (χ1v) is 21.4. The zero-order chi connectivity index (χ0) is 44.2. The highest BCUT2D eigenvalue weighted by atomic mass is 16.5. The molecule has 16 nitrogen and oxygen atoms in total. The maximum absolute atomic E-state index is 14.1. The van der Waals surface area contributed by atoms with E-state index in [0.717, 1.165) is 78.9 Å². The van der Waals surface area contributed by atoms with Crippen molar-refractivity contribution in [3.63, 3.8) is 0 Å². The molecule has 4 atom stereocenters. The Morgan fingerprint density at radius 1 is 0.641 bits per heavy atom. The summed E-state index contributed by atoms with van der Waals surface area (Å²) in [6.07, 6.45) is 4.03. The molecule has 2 saturated heterocycles. The fourth-order valence-electron chi connectivity index (χ4n) is 9.80. The van der Waals surface area contributed by atoms with Crippen molar-refractivity contribution < 1.29 is 38.9 Å². The van der Waals surface area contributed by atoms with Gasteiger partial charge in [-0.05, 0) is 61.1 Å². The number of nitrogens with one attached hydrogen (secondary N) is 2. The second-order valence-corrected chi connectivity index (χ2v) is 16.8. The molecule has 4 aromatic carbocycles. The molecule has 4 aliphatic rings. The molecule has 64 heavy (non-hydrogen) atoms. The van der Waals surface area contributed by atoms with Gasteiger partial charge in [-0.15, -0.1) is 0 Å². The summed E-state index contributed by atoms with van der Waals surface area (Å²) in [7, 11) is 2.84. The highest BCUT2D eigenvalue weighted by molar-refractivity contribution is 5.90. The summed E-state index contributed by atoms with van der Waals surface area (Å²) in [5, 5.41) is 19.7. The number of carboxylic acid groups (broad SMARTS) is 2. The molecule has 4 amide bonds. The molecule has 0 aliphatic carbocycles. The van der Waals surface area contributed by atoms with Gasteiger partial charge in [0.05, 0.1) is 35.9 Å². The first kappa shape index (κ1) is 40.5. The van der Waals surface area contributed by atoms with Crippen LogP contribution in [0, 0.1) is 0 Å². The Morgan fingerprint density at radius 2 is 1.05 bits per heavy atom. The number of hydrogen-bond donors (Lipinski definition) is 4. The summed E-state index contributed by atoms with van der Waals surface area (Å²) in [5.41, 5.74) is 8.32. The Kier molecular flexibility index (Phi) is 10.3. The monoisotopic (exact) mass is 862 g/mol. The number of likely N-dealkylation sites (tertiary alicyclic amines) is 2. The molecule has 0 bridgehead atoms. The van der Waals surface area contributed by atoms with Crippen LogP contribution in [0.1, 0.15) is 83.8 Å². The fourth-order valence-corrected chi connectivity index (χ4v) is 9.80. The number of aromatic nitrogens is 4. The molecule has 2 aromatic heterocycles. The van der Waals surface area contributed by atoms with Crippen LogP contribution in [-0.2, 0) is 22.8 Å². The predicted molar refractivity (Wildman–Crippen MR) is 233 cm³/mol. The molecule has 2 unspecified atom stereocenters. The van der Waals surface area contributed by atoms with Gasteiger partial charge in [-0.3, -0.25) is 19.4 Å². The summed E-state index contributed by atoms with van der Waals surface area (Å²) >= 11 is 0. The molecular formula is C48H46N8O8. The number of imidazole rings is 2. The first-order valence-electron chi connectivity index (χ1n) is 21.4. The van der Waals surface area contributed by atoms with Crippen LogP contribution in [0.4, 0.5) is 9.59 Å². The van der Waals surface area contributed by atoms with Crippen molar-refractivity contribution in [2.45, 2.75) is 63.1 Å². The van der Waals surface area contributed by atoms with Gasteiger partial charge < -0.3 is 39.5 Å². The minimum absolute atomic E-state index is 0.293. The summed E-state index contributed by atoms with van der Waals surface area (Å²) in [5.74, 6) is 2.13. The summed E-state index contributed by atoms with van der Waals surface area (Å²) < 4.78 is 12.9. The van der Waals surface area contributed by atoms with Gasteiger partial charge in [0.15, 0.2) is 0 Å². The third-order valence-corrected chi connectivity index (χ3v) is 13.0. The zero-order valence-corrected chi connectivity index (χ0v) is 35.2. The highest BCUT2D eigenvalue weighted by Crippen LogP contribution is 2.51. The molecule has 0 saturated carbocycles. The van der Waals surface area contributed by atoms with Crippen LogP contribution in [0.25, 0.3) is 33.6 Å². The lowest BCUT2D eigenvalue weighted by atomic mass is 9.87. The van der Waals surface area contributed by atoms with E-state index < -0.39 is 24.3 Å². The van der Waals surface area contributed by atoms with Crippen LogP contribution >= 0.6 is 0 Å². The smallest absolute Gasteiger partial charge is 0.407 e. The standard InChI is InChI=1S/C48H46N8O8/c1-53(47(59)60)41(27-11-5-3-6-12-27)45(57)55-17-9-15-35(55)43-49-23-33(51-43)29-19-31-25-64-38-22-30(20-32-26-63-37(21-29)39(31)40(32)38)34-24-50-44(52-34)36-16-10-18-56(36)46(58)42(54(2)48(61)62)28-13-7-4-8-14-28/h3-8,11-14,19-24,35-36,41-42H,9-10,15-18,25-26H2,1-2H3,(H,49,51)(H,50,52)(H,59,60)(H,61,62)/t35-,36?,41?,42-/m0/s1. The second kappa shape index (κ2) is 16.3. The summed E-state index contributed by atoms with van der Waals surface area (Å²) in [6, 6.07) is 23.4. The van der Waals surface area contributed by atoms with Crippen molar-refractivity contribution in [1.82, 2.24) is 39.5 Å². The molecular weight excluding hydrogens is 817 g/mol. The largest absolute Gasteiger partial charge is 0.488 e. The molecule has 326 valence electrons. The number of H-pyrrole nitrogens is 2. The Balaban J connectivity index is 0.888. The Bertz CT molecular complexity index is 2550. The van der Waals surface area contributed by atoms with Crippen LogP contribution < -0.4 is 9.47 Å². The van der Waals surface area contributed by atoms with E-state index in [2.05, 4.69) is 22.1 Å². The van der Waals surface area contributed by atoms with E-state index >= 15 is 0 Å². The van der Waals surface area contributed by atoms with E-state index in [1.165, 1.54) is 14.1 Å². The van der Waals surface area contributed by atoms with Crippen molar-refractivity contribution in [3.8, 4) is 45.1 Å². The van der Waals surface area contributed by atoms with Gasteiger partial charge in [-0.1, -0.05) is 60.7 Å². The van der Waals surface area contributed by atoms with Crippen LogP contribution in [0.5, 0.6) is 11.5 Å². The average molecular weight is 863 g/mol. The molecule has 10 rings (SSSR count). The number of carbonyl (C=O) groups excluding carboxylic acids is 2. The number of nitrogens with zero attached hydrogens (tertiary/aromatic N) is 6. The molecule has 4 N–H and O–H groups in total. The average Bonchev–Trinajstić information content (AvgIpc) is 4.16. The number of rotatable bonds is 10. The van der Waals surface area contributed by atoms with Crippen LogP contribution in [0.3, 0.4) is 0 Å². The number of aromatic amines is 2. The lowest BCUT2D eigenvalue weighted by Crippen LogP contribution is -2.43. The number of carbonyl (C=O) groups is 4. The van der Waals surface area contributed by atoms with E-state index in [0.29, 0.717) is 61.9 Å². The van der Waals surface area contributed by atoms with E-state index in [9.17, 15) is 29.4 Å². The van der Waals surface area contributed by atoms with Crippen LogP contribution in [0.2, 0.25) is 0 Å². The van der Waals surface area contributed by atoms with Gasteiger partial charge in [-0.2, -0.15) is 0 Å². The third-order valence-electron chi connectivity index (χ3n) is 13.0. The second-order valence-electron chi connectivity index (χ2n) is 16.8. The number of hydrogen-bond acceptors (Lipinski definition) is 8. The molecule has 6 heterocycles. The van der Waals surface area contributed by atoms with Crippen molar-refractivity contribution in [1.29, 1.82) is 0 Å². The zero-order valence-electron chi connectivity index (χ0n) is 35.2. The molecule has 2 fully saturated rings. The van der Waals surface area contributed by atoms with Gasteiger partial charge in [0.1, 0.15) is 48.4 Å². The SMILES string of the molecule is CN(C(=O)O)C(C(=O)N1CCC[C@H]1c1ncc(-c2cc3c4c(c2)OCc2cc(-c5cnc(C6CCCN6C(=O)[C@H](c6ccccc6)N(C)C(=O)O)[nH]5)cc(c2-4)OC3)[nH]1)c1ccccc1. The Labute approximate surface area is 368 Å². The maximum atomic E-state index is 14.1. The normalized spacial score (nSPS) is 18.1. The topological polar surface area (TPSA) is 198 Å². The van der Waals surface area contributed by atoms with Gasteiger partial charge >= 0.3 is 12.2 Å². The van der Waals surface area contributed by atoms with E-state index in [1.807, 2.05) is 24.3 Å². The number of amides is 4. The Hall–Kier alpha value is -7.62. The first-order chi connectivity index (χ1) is 31.0. The fraction of sp³-hybridized carbons (Fsp3) is 0.292. The van der Waals surface area contributed by atoms with E-state index in [-0.39, 0.29) is 23.9 Å². The van der Waals surface area contributed by atoms with Crippen molar-refractivity contribution >= 4 is 24.0 Å². The summed E-state index contributed by atoms with van der Waals surface area (Å²) in [4.78, 5) is 74.4. The predicted octanol–water partition coefficient (Wildman–Crippen LogP) is 7.95. The van der Waals surface area contributed by atoms with Crippen LogP contribution in [-0.4, -0.2) is 101 Å². The van der Waals surface area contributed by atoms with Gasteiger partial charge in [-0.25, -0.2) is 19.6 Å². The third kappa shape index (κ3) is 7.04. The van der Waals surface area contributed by atoms with E-state index in [1.54, 1.807) is 70.7 Å². The van der Waals surface area contributed by atoms with Crippen molar-refractivity contribution in [2.24, 2.45) is 0 Å². The highest BCUT2D eigenvalue weighted by Gasteiger charge is 2.41. The van der Waals surface area contributed by atoms with Gasteiger partial charge in [0, 0.05) is 60.6 Å². The minimum Gasteiger partial charge on any atom is -0.488 e. The van der Waals surface area contributed by atoms with Gasteiger partial charge in [0.2, 0.25) is 0 Å². The van der Waals surface area contributed by atoms with Crippen molar-refractivity contribution in [3.05, 3.63) is 131 Å². The lowest BCUT2D eigenvalue weighted by molar-refractivity contribution is -0.138. The van der Waals surface area contributed by atoms with E-state index in [4.69, 9.17) is 19.4 Å². The molecule has 16 heteroatoms. The maximum Gasteiger partial charge on any atom is 0.407 e.